The van der Waals surface area contributed by atoms with Gasteiger partial charge in [-0.25, -0.2) is 4.39 Å². The van der Waals surface area contributed by atoms with E-state index in [-0.39, 0.29) is 6.54 Å². The van der Waals surface area contributed by atoms with Crippen molar-refractivity contribution in [2.45, 2.75) is 6.54 Å². The smallest absolute Gasteiger partial charge is 0.134 e. The van der Waals surface area contributed by atoms with Crippen molar-refractivity contribution < 1.29 is 18.6 Å². The summed E-state index contributed by atoms with van der Waals surface area (Å²) in [5, 5.41) is 0. The van der Waals surface area contributed by atoms with Gasteiger partial charge in [-0.3, -0.25) is 0 Å². The van der Waals surface area contributed by atoms with E-state index in [1.54, 1.807) is 38.5 Å². The highest BCUT2D eigenvalue weighted by Gasteiger charge is 2.06. The number of hydrogen-bond donors (Lipinski definition) is 1. The van der Waals surface area contributed by atoms with Crippen molar-refractivity contribution in [3.63, 3.8) is 0 Å². The fourth-order valence-electron chi connectivity index (χ4n) is 1.77. The largest absolute Gasteiger partial charge is 0.496 e. The highest BCUT2D eigenvalue weighted by Crippen LogP contribution is 2.31. The molecule has 0 spiro atoms. The number of nitrogens with two attached hydrogens (primary N) is 1. The van der Waals surface area contributed by atoms with Crippen LogP contribution in [0.3, 0.4) is 0 Å². The van der Waals surface area contributed by atoms with Crippen LogP contribution in [0.25, 0.3) is 0 Å². The predicted molar refractivity (Wildman–Crippen MR) is 73.9 cm³/mol. The molecule has 106 valence electrons. The molecular weight excluding hydrogens is 261 g/mol. The van der Waals surface area contributed by atoms with Crippen LogP contribution >= 0.6 is 0 Å². The average Bonchev–Trinajstić information content (AvgIpc) is 2.46. The first-order valence-corrected chi connectivity index (χ1v) is 6.05. The lowest BCUT2D eigenvalue weighted by molar-refractivity contribution is 0.386. The Morgan fingerprint density at radius 1 is 0.850 bits per heavy atom. The molecule has 20 heavy (non-hydrogen) atoms. The first kappa shape index (κ1) is 14.1. The molecule has 0 atom stereocenters. The van der Waals surface area contributed by atoms with E-state index < -0.39 is 5.82 Å². The molecule has 0 fully saturated rings. The van der Waals surface area contributed by atoms with E-state index in [2.05, 4.69) is 0 Å². The second kappa shape index (κ2) is 6.25. The molecule has 0 heterocycles. The standard InChI is InChI=1S/C15H16FNO3/c1-18-12-6-13(19-2)8-15(7-12)20-14-4-10(9-17)3-11(16)5-14/h3-8H,9,17H2,1-2H3. The third-order valence-electron chi connectivity index (χ3n) is 2.73. The molecule has 2 aromatic carbocycles. The lowest BCUT2D eigenvalue weighted by atomic mass is 10.2. The number of benzene rings is 2. The molecule has 2 rings (SSSR count). The Kier molecular flexibility index (Phi) is 4.42. The van der Waals surface area contributed by atoms with Crippen LogP contribution in [0.1, 0.15) is 5.56 Å². The van der Waals surface area contributed by atoms with Gasteiger partial charge in [-0.2, -0.15) is 0 Å². The van der Waals surface area contributed by atoms with E-state index in [0.29, 0.717) is 28.6 Å². The summed E-state index contributed by atoms with van der Waals surface area (Å²) in [5.41, 5.74) is 6.17. The monoisotopic (exact) mass is 277 g/mol. The Hall–Kier alpha value is -2.27. The molecule has 0 saturated carbocycles. The van der Waals surface area contributed by atoms with Crippen LogP contribution in [0, 0.1) is 5.82 Å². The van der Waals surface area contributed by atoms with Crippen molar-refractivity contribution in [2.24, 2.45) is 5.73 Å². The van der Waals surface area contributed by atoms with E-state index in [1.807, 2.05) is 0 Å². The maximum Gasteiger partial charge on any atom is 0.134 e. The van der Waals surface area contributed by atoms with Crippen molar-refractivity contribution >= 4 is 0 Å². The number of hydrogen-bond acceptors (Lipinski definition) is 4. The summed E-state index contributed by atoms with van der Waals surface area (Å²) in [7, 11) is 3.10. The van der Waals surface area contributed by atoms with Crippen LogP contribution in [0.5, 0.6) is 23.0 Å². The summed E-state index contributed by atoms with van der Waals surface area (Å²) < 4.78 is 29.4. The lowest BCUT2D eigenvalue weighted by Gasteiger charge is -2.11. The van der Waals surface area contributed by atoms with Gasteiger partial charge in [0.25, 0.3) is 0 Å². The summed E-state index contributed by atoms with van der Waals surface area (Å²) in [6.45, 7) is 0.246. The zero-order valence-electron chi connectivity index (χ0n) is 11.4. The van der Waals surface area contributed by atoms with E-state index in [1.165, 1.54) is 12.1 Å². The minimum absolute atomic E-state index is 0.246. The summed E-state index contributed by atoms with van der Waals surface area (Å²) in [6, 6.07) is 9.47. The van der Waals surface area contributed by atoms with E-state index in [4.69, 9.17) is 19.9 Å². The maximum absolute atomic E-state index is 13.4. The molecule has 4 nitrogen and oxygen atoms in total. The molecule has 0 unspecified atom stereocenters. The first-order chi connectivity index (χ1) is 9.64. The molecule has 0 radical (unpaired) electrons. The SMILES string of the molecule is COc1cc(OC)cc(Oc2cc(F)cc(CN)c2)c1. The minimum Gasteiger partial charge on any atom is -0.496 e. The number of rotatable bonds is 5. The molecule has 0 aliphatic rings. The van der Waals surface area contributed by atoms with Crippen LogP contribution in [0.4, 0.5) is 4.39 Å². The third-order valence-corrected chi connectivity index (χ3v) is 2.73. The molecule has 0 bridgehead atoms. The average molecular weight is 277 g/mol. The molecule has 0 saturated heterocycles. The van der Waals surface area contributed by atoms with Gasteiger partial charge in [0, 0.05) is 30.8 Å². The van der Waals surface area contributed by atoms with Crippen molar-refractivity contribution in [1.82, 2.24) is 0 Å². The van der Waals surface area contributed by atoms with Gasteiger partial charge in [0.1, 0.15) is 28.8 Å². The van der Waals surface area contributed by atoms with Crippen molar-refractivity contribution in [2.75, 3.05) is 14.2 Å². The van der Waals surface area contributed by atoms with Crippen molar-refractivity contribution in [1.29, 1.82) is 0 Å². The molecule has 0 amide bonds. The van der Waals surface area contributed by atoms with Gasteiger partial charge in [0.15, 0.2) is 0 Å². The molecule has 0 aliphatic carbocycles. The first-order valence-electron chi connectivity index (χ1n) is 6.05. The van der Waals surface area contributed by atoms with E-state index in [0.717, 1.165) is 0 Å². The van der Waals surface area contributed by atoms with Crippen LogP contribution in [0.15, 0.2) is 36.4 Å². The zero-order chi connectivity index (χ0) is 14.5. The molecular formula is C15H16FNO3. The summed E-state index contributed by atoms with van der Waals surface area (Å²) in [5.74, 6) is 1.66. The highest BCUT2D eigenvalue weighted by molar-refractivity contribution is 5.44. The Balaban J connectivity index is 2.31. The van der Waals surface area contributed by atoms with Gasteiger partial charge in [0.2, 0.25) is 0 Å². The molecule has 2 N–H and O–H groups in total. The highest BCUT2D eigenvalue weighted by atomic mass is 19.1. The summed E-state index contributed by atoms with van der Waals surface area (Å²) >= 11 is 0. The third kappa shape index (κ3) is 3.39. The summed E-state index contributed by atoms with van der Waals surface area (Å²) in [6.07, 6.45) is 0. The normalized spacial score (nSPS) is 10.2. The Morgan fingerprint density at radius 3 is 1.95 bits per heavy atom. The maximum atomic E-state index is 13.4. The van der Waals surface area contributed by atoms with Gasteiger partial charge in [0.05, 0.1) is 14.2 Å². The zero-order valence-corrected chi connectivity index (χ0v) is 11.4. The van der Waals surface area contributed by atoms with Gasteiger partial charge < -0.3 is 19.9 Å². The second-order valence-corrected chi connectivity index (χ2v) is 4.15. The lowest BCUT2D eigenvalue weighted by Crippen LogP contribution is -1.98. The minimum atomic E-state index is -0.391. The number of ether oxygens (including phenoxy) is 3. The van der Waals surface area contributed by atoms with Gasteiger partial charge in [-0.05, 0) is 17.7 Å². The van der Waals surface area contributed by atoms with Crippen molar-refractivity contribution in [3.05, 3.63) is 47.8 Å². The summed E-state index contributed by atoms with van der Waals surface area (Å²) in [4.78, 5) is 0. The number of halogens is 1. The topological polar surface area (TPSA) is 53.7 Å². The molecule has 0 aliphatic heterocycles. The quantitative estimate of drug-likeness (QED) is 0.912. The van der Waals surface area contributed by atoms with Crippen LogP contribution in [-0.4, -0.2) is 14.2 Å². The van der Waals surface area contributed by atoms with Crippen LogP contribution < -0.4 is 19.9 Å². The Morgan fingerprint density at radius 2 is 1.40 bits per heavy atom. The molecule has 2 aromatic rings. The second-order valence-electron chi connectivity index (χ2n) is 4.15. The molecule has 5 heteroatoms. The van der Waals surface area contributed by atoms with E-state index in [9.17, 15) is 4.39 Å². The predicted octanol–water partition coefficient (Wildman–Crippen LogP) is 3.09. The van der Waals surface area contributed by atoms with Gasteiger partial charge in [-0.1, -0.05) is 0 Å². The van der Waals surface area contributed by atoms with Crippen molar-refractivity contribution in [3.8, 4) is 23.0 Å². The van der Waals surface area contributed by atoms with Crippen LogP contribution in [-0.2, 0) is 6.54 Å². The van der Waals surface area contributed by atoms with Gasteiger partial charge >= 0.3 is 0 Å². The van der Waals surface area contributed by atoms with Crippen LogP contribution in [0.2, 0.25) is 0 Å². The number of methoxy groups -OCH3 is 2. The fraction of sp³-hybridized carbons (Fsp3) is 0.200. The Bertz CT molecular complexity index is 579. The van der Waals surface area contributed by atoms with E-state index >= 15 is 0 Å². The Labute approximate surface area is 116 Å². The fourth-order valence-corrected chi connectivity index (χ4v) is 1.77. The van der Waals surface area contributed by atoms with Gasteiger partial charge in [-0.15, -0.1) is 0 Å². The molecule has 0 aromatic heterocycles.